The molecule has 0 aliphatic heterocycles. The maximum absolute atomic E-state index is 5.65. The smallest absolute Gasteiger partial charge is 0.127 e. The van der Waals surface area contributed by atoms with Crippen LogP contribution in [0.15, 0.2) is 29.2 Å². The first-order valence-electron chi connectivity index (χ1n) is 5.83. The van der Waals surface area contributed by atoms with E-state index in [1.807, 2.05) is 12.4 Å². The lowest BCUT2D eigenvalue weighted by Gasteiger charge is -2.16. The molecule has 0 amide bonds. The molecule has 0 aliphatic rings. The van der Waals surface area contributed by atoms with Crippen molar-refractivity contribution in [2.75, 3.05) is 0 Å². The number of aromatic nitrogens is 2. The van der Waals surface area contributed by atoms with Gasteiger partial charge in [0, 0.05) is 18.9 Å². The van der Waals surface area contributed by atoms with Crippen molar-refractivity contribution in [2.24, 2.45) is 5.84 Å². The van der Waals surface area contributed by atoms with Gasteiger partial charge >= 0.3 is 0 Å². The van der Waals surface area contributed by atoms with E-state index in [2.05, 4.69) is 38.7 Å². The Hall–Kier alpha value is -1.17. The number of hydrazine groups is 1. The number of thiophene rings is 1. The molecule has 0 spiro atoms. The molecule has 4 nitrogen and oxygen atoms in total. The van der Waals surface area contributed by atoms with Crippen LogP contribution >= 0.6 is 11.3 Å². The third-order valence-corrected chi connectivity index (χ3v) is 3.48. The van der Waals surface area contributed by atoms with Gasteiger partial charge in [0.25, 0.3) is 0 Å². The highest BCUT2D eigenvalue weighted by Gasteiger charge is 2.15. The minimum atomic E-state index is 0.0751. The number of nitrogens with two attached hydrogens (primary N) is 1. The number of hydrogen-bond donors (Lipinski definition) is 2. The molecule has 0 fully saturated rings. The van der Waals surface area contributed by atoms with Crippen LogP contribution in [0.5, 0.6) is 0 Å². The van der Waals surface area contributed by atoms with Crippen molar-refractivity contribution in [2.45, 2.75) is 32.4 Å². The molecule has 3 N–H and O–H groups in total. The maximum atomic E-state index is 5.65. The Morgan fingerprint density at radius 3 is 3.12 bits per heavy atom. The lowest BCUT2D eigenvalue weighted by atomic mass is 10.1. The topological polar surface area (TPSA) is 55.9 Å². The first kappa shape index (κ1) is 12.3. The molecule has 2 heterocycles. The minimum Gasteiger partial charge on any atom is -0.334 e. The van der Waals surface area contributed by atoms with E-state index in [0.29, 0.717) is 0 Å². The summed E-state index contributed by atoms with van der Waals surface area (Å²) >= 11 is 1.71. The fourth-order valence-corrected chi connectivity index (χ4v) is 2.61. The predicted octanol–water partition coefficient (Wildman–Crippen LogP) is 2.10. The first-order valence-corrected chi connectivity index (χ1v) is 6.77. The van der Waals surface area contributed by atoms with Crippen LogP contribution in [0.3, 0.4) is 0 Å². The molecule has 5 heteroatoms. The molecule has 2 aromatic rings. The SMILES string of the molecule is CCCn1ccnc1C(Cc1ccsc1)NN. The van der Waals surface area contributed by atoms with Crippen LogP contribution in [0.4, 0.5) is 0 Å². The van der Waals surface area contributed by atoms with E-state index in [9.17, 15) is 0 Å². The summed E-state index contributed by atoms with van der Waals surface area (Å²) in [5, 5.41) is 4.23. The Labute approximate surface area is 105 Å². The zero-order valence-electron chi connectivity index (χ0n) is 9.97. The molecule has 0 aliphatic carbocycles. The van der Waals surface area contributed by atoms with Crippen LogP contribution in [-0.2, 0) is 13.0 Å². The quantitative estimate of drug-likeness (QED) is 0.610. The van der Waals surface area contributed by atoms with Crippen LogP contribution in [0.25, 0.3) is 0 Å². The second-order valence-electron chi connectivity index (χ2n) is 4.03. The number of rotatable bonds is 6. The molecule has 17 heavy (non-hydrogen) atoms. The molecule has 1 unspecified atom stereocenters. The molecule has 0 saturated heterocycles. The third kappa shape index (κ3) is 2.94. The molecule has 92 valence electrons. The van der Waals surface area contributed by atoms with Crippen LogP contribution in [0.1, 0.15) is 30.8 Å². The van der Waals surface area contributed by atoms with E-state index in [4.69, 9.17) is 5.84 Å². The van der Waals surface area contributed by atoms with Crippen molar-refractivity contribution < 1.29 is 0 Å². The zero-order chi connectivity index (χ0) is 12.1. The highest BCUT2D eigenvalue weighted by molar-refractivity contribution is 7.07. The van der Waals surface area contributed by atoms with E-state index in [1.54, 1.807) is 11.3 Å². The van der Waals surface area contributed by atoms with E-state index in [1.165, 1.54) is 5.56 Å². The Morgan fingerprint density at radius 2 is 2.47 bits per heavy atom. The van der Waals surface area contributed by atoms with Gasteiger partial charge < -0.3 is 4.57 Å². The molecule has 0 bridgehead atoms. The summed E-state index contributed by atoms with van der Waals surface area (Å²) in [5.41, 5.74) is 4.16. The standard InChI is InChI=1S/C12H18N4S/c1-2-5-16-6-4-14-12(16)11(15-13)8-10-3-7-17-9-10/h3-4,6-7,9,11,15H,2,5,8,13H2,1H3. The van der Waals surface area contributed by atoms with E-state index in [0.717, 1.165) is 25.2 Å². The van der Waals surface area contributed by atoms with Gasteiger partial charge in [-0.1, -0.05) is 6.92 Å². The Balaban J connectivity index is 2.14. The Kier molecular flexibility index (Phi) is 4.30. The lowest BCUT2D eigenvalue weighted by molar-refractivity contribution is 0.488. The summed E-state index contributed by atoms with van der Waals surface area (Å²) in [4.78, 5) is 4.41. The van der Waals surface area contributed by atoms with Gasteiger partial charge in [0.1, 0.15) is 5.82 Å². The maximum Gasteiger partial charge on any atom is 0.127 e. The summed E-state index contributed by atoms with van der Waals surface area (Å²) in [6, 6.07) is 2.20. The number of aryl methyl sites for hydroxylation is 1. The molecule has 0 aromatic carbocycles. The van der Waals surface area contributed by atoms with Crippen LogP contribution in [-0.4, -0.2) is 9.55 Å². The van der Waals surface area contributed by atoms with Gasteiger partial charge in [0.2, 0.25) is 0 Å². The number of nitrogens with one attached hydrogen (secondary N) is 1. The van der Waals surface area contributed by atoms with Gasteiger partial charge in [-0.2, -0.15) is 11.3 Å². The summed E-state index contributed by atoms with van der Waals surface area (Å²) in [7, 11) is 0. The fraction of sp³-hybridized carbons (Fsp3) is 0.417. The summed E-state index contributed by atoms with van der Waals surface area (Å²) in [5.74, 6) is 6.66. The van der Waals surface area contributed by atoms with Crippen molar-refractivity contribution in [1.82, 2.24) is 15.0 Å². The van der Waals surface area contributed by atoms with Crippen molar-refractivity contribution >= 4 is 11.3 Å². The fourth-order valence-electron chi connectivity index (χ4n) is 1.93. The zero-order valence-corrected chi connectivity index (χ0v) is 10.8. The first-order chi connectivity index (χ1) is 8.35. The van der Waals surface area contributed by atoms with Crippen molar-refractivity contribution in [3.8, 4) is 0 Å². The Bertz CT molecular complexity index is 435. The lowest BCUT2D eigenvalue weighted by Crippen LogP contribution is -2.31. The highest BCUT2D eigenvalue weighted by atomic mass is 32.1. The molecule has 1 atom stereocenters. The van der Waals surface area contributed by atoms with Gasteiger partial charge in [0.15, 0.2) is 0 Å². The molecule has 2 rings (SSSR count). The molecule has 0 radical (unpaired) electrons. The predicted molar refractivity (Wildman–Crippen MR) is 70.6 cm³/mol. The highest BCUT2D eigenvalue weighted by Crippen LogP contribution is 2.18. The van der Waals surface area contributed by atoms with E-state index < -0.39 is 0 Å². The Morgan fingerprint density at radius 1 is 1.59 bits per heavy atom. The monoisotopic (exact) mass is 250 g/mol. The largest absolute Gasteiger partial charge is 0.334 e. The van der Waals surface area contributed by atoms with Crippen LogP contribution in [0.2, 0.25) is 0 Å². The van der Waals surface area contributed by atoms with Crippen molar-refractivity contribution in [3.05, 3.63) is 40.6 Å². The van der Waals surface area contributed by atoms with Gasteiger partial charge in [-0.15, -0.1) is 0 Å². The van der Waals surface area contributed by atoms with Gasteiger partial charge in [-0.3, -0.25) is 5.84 Å². The number of imidazole rings is 1. The minimum absolute atomic E-state index is 0.0751. The molecule has 0 saturated carbocycles. The number of nitrogens with zero attached hydrogens (tertiary/aromatic N) is 2. The van der Waals surface area contributed by atoms with E-state index >= 15 is 0 Å². The normalized spacial score (nSPS) is 12.8. The van der Waals surface area contributed by atoms with Crippen LogP contribution in [0, 0.1) is 0 Å². The van der Waals surface area contributed by atoms with Crippen LogP contribution < -0.4 is 11.3 Å². The van der Waals surface area contributed by atoms with Gasteiger partial charge in [0.05, 0.1) is 6.04 Å². The molecule has 2 aromatic heterocycles. The second-order valence-corrected chi connectivity index (χ2v) is 4.81. The second kappa shape index (κ2) is 5.95. The van der Waals surface area contributed by atoms with Gasteiger partial charge in [-0.05, 0) is 35.2 Å². The summed E-state index contributed by atoms with van der Waals surface area (Å²) < 4.78 is 2.16. The average Bonchev–Trinajstić information content (AvgIpc) is 2.97. The summed E-state index contributed by atoms with van der Waals surface area (Å²) in [6.07, 6.45) is 5.82. The number of hydrogen-bond acceptors (Lipinski definition) is 4. The van der Waals surface area contributed by atoms with Gasteiger partial charge in [-0.25, -0.2) is 10.4 Å². The summed E-state index contributed by atoms with van der Waals surface area (Å²) in [6.45, 7) is 3.14. The molecular weight excluding hydrogens is 232 g/mol. The van der Waals surface area contributed by atoms with E-state index in [-0.39, 0.29) is 6.04 Å². The average molecular weight is 250 g/mol. The van der Waals surface area contributed by atoms with Crippen molar-refractivity contribution in [3.63, 3.8) is 0 Å². The van der Waals surface area contributed by atoms with Crippen molar-refractivity contribution in [1.29, 1.82) is 0 Å². The molecular formula is C12H18N4S. The third-order valence-electron chi connectivity index (χ3n) is 2.74.